The van der Waals surface area contributed by atoms with Crippen molar-refractivity contribution in [2.24, 2.45) is 0 Å². The normalized spacial score (nSPS) is 13.3. The van der Waals surface area contributed by atoms with Gasteiger partial charge >= 0.3 is 6.18 Å². The maximum atomic E-state index is 12.3. The standard InChI is InChI=1S/C10H8ClF3O2/c1-6(9(11)15)16-8-4-2-3-7(5-8)10(12,13)14/h2-6H,1H3/t6-/m0/s1. The number of ether oxygens (including phenoxy) is 1. The summed E-state index contributed by atoms with van der Waals surface area (Å²) in [5, 5.41) is -0.766. The molecular formula is C10H8ClF3O2. The molecule has 0 aromatic heterocycles. The average Bonchev–Trinajstić information content (AvgIpc) is 2.16. The van der Waals surface area contributed by atoms with E-state index >= 15 is 0 Å². The van der Waals surface area contributed by atoms with Gasteiger partial charge < -0.3 is 4.74 Å². The van der Waals surface area contributed by atoms with Crippen LogP contribution in [-0.2, 0) is 11.0 Å². The zero-order valence-electron chi connectivity index (χ0n) is 8.22. The van der Waals surface area contributed by atoms with E-state index in [4.69, 9.17) is 16.3 Å². The third kappa shape index (κ3) is 3.41. The van der Waals surface area contributed by atoms with Crippen LogP contribution in [0.25, 0.3) is 0 Å². The summed E-state index contributed by atoms with van der Waals surface area (Å²) in [6, 6.07) is 4.26. The van der Waals surface area contributed by atoms with Crippen LogP contribution in [-0.4, -0.2) is 11.3 Å². The molecule has 0 radical (unpaired) electrons. The topological polar surface area (TPSA) is 26.3 Å². The van der Waals surface area contributed by atoms with Crippen LogP contribution >= 0.6 is 11.6 Å². The Morgan fingerprint density at radius 1 is 1.44 bits per heavy atom. The van der Waals surface area contributed by atoms with Crippen molar-refractivity contribution in [2.45, 2.75) is 19.2 Å². The van der Waals surface area contributed by atoms with Crippen LogP contribution in [0.5, 0.6) is 5.75 Å². The molecule has 0 saturated carbocycles. The first-order valence-corrected chi connectivity index (χ1v) is 4.72. The highest BCUT2D eigenvalue weighted by Gasteiger charge is 2.30. The molecule has 1 aromatic rings. The van der Waals surface area contributed by atoms with Gasteiger partial charge in [-0.3, -0.25) is 4.79 Å². The van der Waals surface area contributed by atoms with Crippen molar-refractivity contribution in [2.75, 3.05) is 0 Å². The molecule has 1 rings (SSSR count). The SMILES string of the molecule is C[C@H](Oc1cccc(C(F)(F)F)c1)C(=O)Cl. The van der Waals surface area contributed by atoms with E-state index in [1.165, 1.54) is 19.1 Å². The summed E-state index contributed by atoms with van der Waals surface area (Å²) >= 11 is 5.12. The van der Waals surface area contributed by atoms with Gasteiger partial charge in [0.25, 0.3) is 5.24 Å². The van der Waals surface area contributed by atoms with Gasteiger partial charge in [-0.1, -0.05) is 6.07 Å². The molecule has 0 aliphatic carbocycles. The number of hydrogen-bond donors (Lipinski definition) is 0. The fourth-order valence-electron chi connectivity index (χ4n) is 0.996. The third-order valence-electron chi connectivity index (χ3n) is 1.79. The van der Waals surface area contributed by atoms with Crippen LogP contribution in [0.2, 0.25) is 0 Å². The van der Waals surface area contributed by atoms with E-state index in [9.17, 15) is 18.0 Å². The highest BCUT2D eigenvalue weighted by atomic mass is 35.5. The van der Waals surface area contributed by atoms with Crippen LogP contribution < -0.4 is 4.74 Å². The lowest BCUT2D eigenvalue weighted by Gasteiger charge is -2.12. The molecule has 0 bridgehead atoms. The van der Waals surface area contributed by atoms with Gasteiger partial charge in [0.05, 0.1) is 5.56 Å². The average molecular weight is 253 g/mol. The maximum Gasteiger partial charge on any atom is 0.416 e. The van der Waals surface area contributed by atoms with Gasteiger partial charge in [-0.2, -0.15) is 13.2 Å². The summed E-state index contributed by atoms with van der Waals surface area (Å²) in [7, 11) is 0. The van der Waals surface area contributed by atoms with E-state index in [1.54, 1.807) is 0 Å². The van der Waals surface area contributed by atoms with Gasteiger partial charge in [0.15, 0.2) is 6.10 Å². The van der Waals surface area contributed by atoms with E-state index in [0.717, 1.165) is 12.1 Å². The number of hydrogen-bond acceptors (Lipinski definition) is 2. The molecule has 0 unspecified atom stereocenters. The fourth-order valence-corrected chi connectivity index (χ4v) is 1.04. The molecule has 0 heterocycles. The lowest BCUT2D eigenvalue weighted by atomic mass is 10.2. The molecule has 1 atom stereocenters. The van der Waals surface area contributed by atoms with E-state index < -0.39 is 23.1 Å². The van der Waals surface area contributed by atoms with Gasteiger partial charge in [-0.05, 0) is 36.7 Å². The zero-order chi connectivity index (χ0) is 12.3. The van der Waals surface area contributed by atoms with Crippen LogP contribution in [0.1, 0.15) is 12.5 Å². The molecule has 0 N–H and O–H groups in total. The van der Waals surface area contributed by atoms with Gasteiger partial charge in [-0.15, -0.1) is 0 Å². The number of benzene rings is 1. The van der Waals surface area contributed by atoms with E-state index in [2.05, 4.69) is 0 Å². The Morgan fingerprint density at radius 2 is 2.06 bits per heavy atom. The molecule has 0 aliphatic rings. The van der Waals surface area contributed by atoms with Crippen molar-refractivity contribution >= 4 is 16.8 Å². The highest BCUT2D eigenvalue weighted by molar-refractivity contribution is 6.64. The maximum absolute atomic E-state index is 12.3. The van der Waals surface area contributed by atoms with Crippen molar-refractivity contribution in [3.05, 3.63) is 29.8 Å². The summed E-state index contributed by atoms with van der Waals surface area (Å²) in [6.07, 6.45) is -5.42. The molecule has 0 aliphatic heterocycles. The van der Waals surface area contributed by atoms with E-state index in [-0.39, 0.29) is 5.75 Å². The molecule has 6 heteroatoms. The quantitative estimate of drug-likeness (QED) is 0.772. The number of alkyl halides is 3. The van der Waals surface area contributed by atoms with E-state index in [0.29, 0.717) is 0 Å². The molecule has 88 valence electrons. The second kappa shape index (κ2) is 4.74. The summed E-state index contributed by atoms with van der Waals surface area (Å²) in [6.45, 7) is 1.36. The van der Waals surface area contributed by atoms with Crippen molar-refractivity contribution in [1.29, 1.82) is 0 Å². The molecule has 0 amide bonds. The minimum absolute atomic E-state index is 0.0451. The molecule has 0 fully saturated rings. The minimum Gasteiger partial charge on any atom is -0.482 e. The lowest BCUT2D eigenvalue weighted by molar-refractivity contribution is -0.137. The number of halogens is 4. The fraction of sp³-hybridized carbons (Fsp3) is 0.300. The van der Waals surface area contributed by atoms with Crippen LogP contribution in [0.4, 0.5) is 13.2 Å². The van der Waals surface area contributed by atoms with Gasteiger partial charge in [0.2, 0.25) is 0 Å². The Hall–Kier alpha value is -1.23. The largest absolute Gasteiger partial charge is 0.482 e. The Morgan fingerprint density at radius 3 is 2.56 bits per heavy atom. The third-order valence-corrected chi connectivity index (χ3v) is 2.10. The first kappa shape index (κ1) is 12.8. The Balaban J connectivity index is 2.87. The molecule has 0 saturated heterocycles. The Labute approximate surface area is 95.0 Å². The van der Waals surface area contributed by atoms with E-state index in [1.807, 2.05) is 0 Å². The van der Waals surface area contributed by atoms with Gasteiger partial charge in [0.1, 0.15) is 5.75 Å². The van der Waals surface area contributed by atoms with Crippen molar-refractivity contribution in [1.82, 2.24) is 0 Å². The summed E-state index contributed by atoms with van der Waals surface area (Å²) in [5.74, 6) is -0.0451. The molecule has 16 heavy (non-hydrogen) atoms. The lowest BCUT2D eigenvalue weighted by Crippen LogP contribution is -2.19. The molecule has 2 nitrogen and oxygen atoms in total. The second-order valence-electron chi connectivity index (χ2n) is 3.09. The number of carbonyl (C=O) groups excluding carboxylic acids is 1. The first-order valence-electron chi connectivity index (χ1n) is 4.34. The molecular weight excluding hydrogens is 245 g/mol. The Bertz CT molecular complexity index is 390. The Kier molecular flexibility index (Phi) is 3.80. The summed E-state index contributed by atoms with van der Waals surface area (Å²) in [5.41, 5.74) is -0.834. The smallest absolute Gasteiger partial charge is 0.416 e. The number of carbonyl (C=O) groups is 1. The molecule has 1 aromatic carbocycles. The predicted octanol–water partition coefficient (Wildman–Crippen LogP) is 3.24. The summed E-state index contributed by atoms with van der Waals surface area (Å²) < 4.78 is 41.9. The van der Waals surface area contributed by atoms with Gasteiger partial charge in [-0.25, -0.2) is 0 Å². The minimum atomic E-state index is -4.44. The monoisotopic (exact) mass is 252 g/mol. The predicted molar refractivity (Wildman–Crippen MR) is 52.4 cm³/mol. The van der Waals surface area contributed by atoms with Crippen LogP contribution in [0.3, 0.4) is 0 Å². The highest BCUT2D eigenvalue weighted by Crippen LogP contribution is 2.31. The van der Waals surface area contributed by atoms with Crippen LogP contribution in [0.15, 0.2) is 24.3 Å². The zero-order valence-corrected chi connectivity index (χ0v) is 8.97. The first-order chi connectivity index (χ1) is 7.30. The van der Waals surface area contributed by atoms with Gasteiger partial charge in [0, 0.05) is 0 Å². The van der Waals surface area contributed by atoms with Crippen molar-refractivity contribution in [3.63, 3.8) is 0 Å². The summed E-state index contributed by atoms with van der Waals surface area (Å²) in [4.78, 5) is 10.6. The van der Waals surface area contributed by atoms with Crippen molar-refractivity contribution in [3.8, 4) is 5.75 Å². The second-order valence-corrected chi connectivity index (χ2v) is 3.46. The van der Waals surface area contributed by atoms with Crippen LogP contribution in [0, 0.1) is 0 Å². The number of rotatable bonds is 3. The van der Waals surface area contributed by atoms with Crippen molar-refractivity contribution < 1.29 is 22.7 Å². The molecule has 0 spiro atoms.